The quantitative estimate of drug-likeness (QED) is 0.633. The Labute approximate surface area is 181 Å². The van der Waals surface area contributed by atoms with Gasteiger partial charge < -0.3 is 15.0 Å². The van der Waals surface area contributed by atoms with E-state index in [0.29, 0.717) is 18.2 Å². The fourth-order valence-corrected chi connectivity index (χ4v) is 3.41. The summed E-state index contributed by atoms with van der Waals surface area (Å²) in [6.07, 6.45) is 0. The zero-order valence-electron chi connectivity index (χ0n) is 17.7. The van der Waals surface area contributed by atoms with Crippen LogP contribution >= 0.6 is 15.9 Å². The third kappa shape index (κ3) is 6.32. The molecule has 0 fully saturated rings. The standard InChI is InChI=1S/C23H29BrN2O3/c1-15(2)19-10-11-21(20(24)12-19)29-14-22(27)26(17(4)23(28)25-5)13-18-8-6-16(3)7-9-18/h6-12,15,17H,13-14H2,1-5H3,(H,25,28)/t17-/m1/s1. The van der Waals surface area contributed by atoms with E-state index < -0.39 is 6.04 Å². The molecule has 1 N–H and O–H groups in total. The molecule has 0 aliphatic carbocycles. The topological polar surface area (TPSA) is 58.6 Å². The molecule has 6 heteroatoms. The van der Waals surface area contributed by atoms with Crippen molar-refractivity contribution in [2.24, 2.45) is 0 Å². The molecule has 156 valence electrons. The van der Waals surface area contributed by atoms with Gasteiger partial charge in [0, 0.05) is 13.6 Å². The lowest BCUT2D eigenvalue weighted by Gasteiger charge is -2.28. The second-order valence-electron chi connectivity index (χ2n) is 7.43. The minimum absolute atomic E-state index is 0.146. The van der Waals surface area contributed by atoms with Gasteiger partial charge in [0.05, 0.1) is 4.47 Å². The molecule has 0 radical (unpaired) electrons. The minimum Gasteiger partial charge on any atom is -0.483 e. The number of rotatable bonds is 8. The maximum Gasteiger partial charge on any atom is 0.261 e. The second-order valence-corrected chi connectivity index (χ2v) is 8.29. The first-order valence-electron chi connectivity index (χ1n) is 9.71. The highest BCUT2D eigenvalue weighted by Gasteiger charge is 2.26. The maximum absolute atomic E-state index is 12.9. The number of nitrogens with zero attached hydrogens (tertiary/aromatic N) is 1. The van der Waals surface area contributed by atoms with E-state index in [9.17, 15) is 9.59 Å². The Bertz CT molecular complexity index is 850. The van der Waals surface area contributed by atoms with Crippen LogP contribution in [0.5, 0.6) is 5.75 Å². The molecule has 0 saturated carbocycles. The zero-order valence-corrected chi connectivity index (χ0v) is 19.2. The first-order chi connectivity index (χ1) is 13.7. The van der Waals surface area contributed by atoms with E-state index >= 15 is 0 Å². The Kier molecular flexibility index (Phi) is 8.26. The van der Waals surface area contributed by atoms with Gasteiger partial charge in [-0.2, -0.15) is 0 Å². The summed E-state index contributed by atoms with van der Waals surface area (Å²) in [4.78, 5) is 26.7. The van der Waals surface area contributed by atoms with E-state index in [-0.39, 0.29) is 18.4 Å². The fourth-order valence-electron chi connectivity index (χ4n) is 2.90. The van der Waals surface area contributed by atoms with Crippen LogP contribution in [-0.4, -0.2) is 36.4 Å². The molecule has 1 atom stereocenters. The molecule has 0 saturated heterocycles. The Hall–Kier alpha value is -2.34. The summed E-state index contributed by atoms with van der Waals surface area (Å²) < 4.78 is 6.57. The lowest BCUT2D eigenvalue weighted by atomic mass is 10.0. The highest BCUT2D eigenvalue weighted by molar-refractivity contribution is 9.10. The van der Waals surface area contributed by atoms with Crippen LogP contribution in [0.4, 0.5) is 0 Å². The number of carbonyl (C=O) groups excluding carboxylic acids is 2. The molecule has 0 unspecified atom stereocenters. The van der Waals surface area contributed by atoms with Crippen LogP contribution in [0.3, 0.4) is 0 Å². The van der Waals surface area contributed by atoms with Crippen molar-refractivity contribution < 1.29 is 14.3 Å². The number of ether oxygens (including phenoxy) is 1. The van der Waals surface area contributed by atoms with Crippen molar-refractivity contribution in [2.45, 2.75) is 46.2 Å². The monoisotopic (exact) mass is 460 g/mol. The van der Waals surface area contributed by atoms with E-state index in [1.54, 1.807) is 18.9 Å². The lowest BCUT2D eigenvalue weighted by molar-refractivity contribution is -0.142. The molecule has 5 nitrogen and oxygen atoms in total. The number of benzene rings is 2. The minimum atomic E-state index is -0.607. The summed E-state index contributed by atoms with van der Waals surface area (Å²) in [7, 11) is 1.57. The van der Waals surface area contributed by atoms with Crippen molar-refractivity contribution in [2.75, 3.05) is 13.7 Å². The number of nitrogens with one attached hydrogen (secondary N) is 1. The lowest BCUT2D eigenvalue weighted by Crippen LogP contribution is -2.48. The van der Waals surface area contributed by atoms with Crippen molar-refractivity contribution >= 4 is 27.7 Å². The molecule has 2 amide bonds. The Morgan fingerprint density at radius 2 is 1.76 bits per heavy atom. The third-order valence-corrected chi connectivity index (χ3v) is 5.48. The van der Waals surface area contributed by atoms with E-state index in [1.807, 2.05) is 49.4 Å². The summed E-state index contributed by atoms with van der Waals surface area (Å²) in [5.41, 5.74) is 3.29. The molecule has 2 aromatic carbocycles. The molecule has 2 aromatic rings. The third-order valence-electron chi connectivity index (χ3n) is 4.86. The van der Waals surface area contributed by atoms with Crippen LogP contribution in [0.15, 0.2) is 46.9 Å². The molecule has 29 heavy (non-hydrogen) atoms. The first-order valence-corrected chi connectivity index (χ1v) is 10.5. The smallest absolute Gasteiger partial charge is 0.261 e. The van der Waals surface area contributed by atoms with Gasteiger partial charge in [-0.25, -0.2) is 0 Å². The van der Waals surface area contributed by atoms with Crippen molar-refractivity contribution in [3.05, 3.63) is 63.6 Å². The van der Waals surface area contributed by atoms with Crippen LogP contribution in [0.25, 0.3) is 0 Å². The average molecular weight is 461 g/mol. The molecule has 0 aliphatic rings. The molecule has 2 rings (SSSR count). The van der Waals surface area contributed by atoms with E-state index in [4.69, 9.17) is 4.74 Å². The molecule has 0 aromatic heterocycles. The van der Waals surface area contributed by atoms with Crippen LogP contribution < -0.4 is 10.1 Å². The van der Waals surface area contributed by atoms with Gasteiger partial charge in [0.1, 0.15) is 11.8 Å². The SMILES string of the molecule is CNC(=O)[C@@H](C)N(Cc1ccc(C)cc1)C(=O)COc1ccc(C(C)C)cc1Br. The average Bonchev–Trinajstić information content (AvgIpc) is 2.70. The Balaban J connectivity index is 2.14. The molecule has 0 aliphatic heterocycles. The molecular weight excluding hydrogens is 432 g/mol. The number of likely N-dealkylation sites (N-methyl/N-ethyl adjacent to an activating group) is 1. The summed E-state index contributed by atoms with van der Waals surface area (Å²) in [5, 5.41) is 2.61. The largest absolute Gasteiger partial charge is 0.483 e. The number of hydrogen-bond acceptors (Lipinski definition) is 3. The van der Waals surface area contributed by atoms with Crippen LogP contribution in [0.2, 0.25) is 0 Å². The molecule has 0 heterocycles. The normalized spacial score (nSPS) is 11.8. The summed E-state index contributed by atoms with van der Waals surface area (Å²) in [6.45, 7) is 8.16. The number of halogens is 1. The Morgan fingerprint density at radius 3 is 2.31 bits per heavy atom. The van der Waals surface area contributed by atoms with Gasteiger partial charge in [-0.05, 0) is 59.0 Å². The van der Waals surface area contributed by atoms with Gasteiger partial charge in [0.2, 0.25) is 5.91 Å². The number of carbonyl (C=O) groups is 2. The van der Waals surface area contributed by atoms with Crippen LogP contribution in [0, 0.1) is 6.92 Å². The van der Waals surface area contributed by atoms with Crippen molar-refractivity contribution in [1.82, 2.24) is 10.2 Å². The van der Waals surface area contributed by atoms with Gasteiger partial charge >= 0.3 is 0 Å². The van der Waals surface area contributed by atoms with Gasteiger partial charge in [-0.15, -0.1) is 0 Å². The van der Waals surface area contributed by atoms with Gasteiger partial charge in [0.15, 0.2) is 6.61 Å². The predicted octanol–water partition coefficient (Wildman–Crippen LogP) is 4.42. The van der Waals surface area contributed by atoms with E-state index in [0.717, 1.165) is 15.6 Å². The van der Waals surface area contributed by atoms with Gasteiger partial charge in [0.25, 0.3) is 5.91 Å². The summed E-state index contributed by atoms with van der Waals surface area (Å²) in [5.74, 6) is 0.542. The summed E-state index contributed by atoms with van der Waals surface area (Å²) >= 11 is 3.51. The molecular formula is C23H29BrN2O3. The number of aryl methyl sites for hydroxylation is 1. The van der Waals surface area contributed by atoms with Crippen molar-refractivity contribution in [3.8, 4) is 5.75 Å². The fraction of sp³-hybridized carbons (Fsp3) is 0.391. The number of hydrogen-bond donors (Lipinski definition) is 1. The zero-order chi connectivity index (χ0) is 21.6. The van der Waals surface area contributed by atoms with Crippen molar-refractivity contribution in [1.29, 1.82) is 0 Å². The van der Waals surface area contributed by atoms with Gasteiger partial charge in [-0.3, -0.25) is 9.59 Å². The maximum atomic E-state index is 12.9. The van der Waals surface area contributed by atoms with Crippen LogP contribution in [-0.2, 0) is 16.1 Å². The van der Waals surface area contributed by atoms with E-state index in [2.05, 4.69) is 35.1 Å². The van der Waals surface area contributed by atoms with E-state index in [1.165, 1.54) is 5.56 Å². The summed E-state index contributed by atoms with van der Waals surface area (Å²) in [6, 6.07) is 13.2. The number of amides is 2. The van der Waals surface area contributed by atoms with Crippen LogP contribution in [0.1, 0.15) is 43.4 Å². The first kappa shape index (κ1) is 22.9. The Morgan fingerprint density at radius 1 is 1.10 bits per heavy atom. The molecule has 0 bridgehead atoms. The molecule has 0 spiro atoms. The highest BCUT2D eigenvalue weighted by atomic mass is 79.9. The van der Waals surface area contributed by atoms with Gasteiger partial charge in [-0.1, -0.05) is 49.7 Å². The predicted molar refractivity (Wildman–Crippen MR) is 119 cm³/mol. The second kappa shape index (κ2) is 10.4. The highest BCUT2D eigenvalue weighted by Crippen LogP contribution is 2.29. The van der Waals surface area contributed by atoms with Crippen molar-refractivity contribution in [3.63, 3.8) is 0 Å².